The summed E-state index contributed by atoms with van der Waals surface area (Å²) in [5.41, 5.74) is 3.73. The van der Waals surface area contributed by atoms with Crippen LogP contribution in [0.4, 0.5) is 0 Å². The first-order valence-corrected chi connectivity index (χ1v) is 8.27. The highest BCUT2D eigenvalue weighted by Crippen LogP contribution is 2.22. The summed E-state index contributed by atoms with van der Waals surface area (Å²) in [6, 6.07) is 22.9. The maximum absolute atomic E-state index is 12.2. The molecule has 24 heavy (non-hydrogen) atoms. The number of benzene rings is 3. The molecule has 0 aliphatic rings. The summed E-state index contributed by atoms with van der Waals surface area (Å²) >= 11 is 11.9. The molecule has 3 aromatic rings. The van der Waals surface area contributed by atoms with Gasteiger partial charge in [-0.2, -0.15) is 0 Å². The van der Waals surface area contributed by atoms with Crippen molar-refractivity contribution in [3.63, 3.8) is 0 Å². The van der Waals surface area contributed by atoms with Crippen LogP contribution in [0.15, 0.2) is 72.8 Å². The molecule has 0 aliphatic heterocycles. The van der Waals surface area contributed by atoms with Gasteiger partial charge in [0.2, 0.25) is 0 Å². The van der Waals surface area contributed by atoms with Crippen molar-refractivity contribution >= 4 is 29.1 Å². The third kappa shape index (κ3) is 3.97. The molecule has 0 spiro atoms. The average molecular weight is 356 g/mol. The lowest BCUT2D eigenvalue weighted by molar-refractivity contribution is 0.0951. The quantitative estimate of drug-likeness (QED) is 0.649. The smallest absolute Gasteiger partial charge is 0.251 e. The molecule has 0 aromatic heterocycles. The molecule has 2 nitrogen and oxygen atoms in total. The topological polar surface area (TPSA) is 29.1 Å². The second-order valence-electron chi connectivity index (χ2n) is 5.37. The van der Waals surface area contributed by atoms with Crippen molar-refractivity contribution in [2.45, 2.75) is 6.54 Å². The van der Waals surface area contributed by atoms with Crippen molar-refractivity contribution in [1.29, 1.82) is 0 Å². The normalized spacial score (nSPS) is 10.4. The predicted molar refractivity (Wildman–Crippen MR) is 99.5 cm³/mol. The Labute approximate surface area is 151 Å². The van der Waals surface area contributed by atoms with Crippen LogP contribution < -0.4 is 5.32 Å². The van der Waals surface area contributed by atoms with E-state index < -0.39 is 0 Å². The maximum atomic E-state index is 12.2. The Morgan fingerprint density at radius 2 is 1.46 bits per heavy atom. The zero-order valence-electron chi connectivity index (χ0n) is 12.8. The summed E-state index contributed by atoms with van der Waals surface area (Å²) in [6.07, 6.45) is 0. The standard InChI is InChI=1S/C20H15Cl2NO/c21-18-11-6-14(12-19(18)22)13-23-20(24)17-9-7-16(8-10-17)15-4-2-1-3-5-15/h1-12H,13H2,(H,23,24). The molecule has 0 atom stereocenters. The van der Waals surface area contributed by atoms with Crippen molar-refractivity contribution in [1.82, 2.24) is 5.32 Å². The Morgan fingerprint density at radius 1 is 0.792 bits per heavy atom. The maximum Gasteiger partial charge on any atom is 0.251 e. The number of nitrogens with one attached hydrogen (secondary N) is 1. The van der Waals surface area contributed by atoms with Gasteiger partial charge in [-0.3, -0.25) is 4.79 Å². The third-order valence-electron chi connectivity index (χ3n) is 3.69. The number of halogens is 2. The Bertz CT molecular complexity index is 845. The number of carbonyl (C=O) groups excluding carboxylic acids is 1. The molecule has 1 amide bonds. The van der Waals surface area contributed by atoms with E-state index in [1.165, 1.54) is 0 Å². The van der Waals surface area contributed by atoms with Gasteiger partial charge >= 0.3 is 0 Å². The lowest BCUT2D eigenvalue weighted by Gasteiger charge is -2.07. The minimum Gasteiger partial charge on any atom is -0.348 e. The van der Waals surface area contributed by atoms with Crippen molar-refractivity contribution in [3.8, 4) is 11.1 Å². The summed E-state index contributed by atoms with van der Waals surface area (Å²) in [5.74, 6) is -0.124. The minimum atomic E-state index is -0.124. The van der Waals surface area contributed by atoms with Crippen LogP contribution in [-0.2, 0) is 6.54 Å². The fourth-order valence-corrected chi connectivity index (χ4v) is 2.70. The molecule has 0 saturated carbocycles. The summed E-state index contributed by atoms with van der Waals surface area (Å²) in [6.45, 7) is 0.399. The first-order chi connectivity index (χ1) is 11.6. The second-order valence-corrected chi connectivity index (χ2v) is 6.19. The van der Waals surface area contributed by atoms with Gasteiger partial charge in [0.1, 0.15) is 0 Å². The Kier molecular flexibility index (Phi) is 5.19. The van der Waals surface area contributed by atoms with Crippen LogP contribution in [-0.4, -0.2) is 5.91 Å². The Balaban J connectivity index is 1.66. The van der Waals surface area contributed by atoms with Crippen molar-refractivity contribution in [3.05, 3.63) is 94.0 Å². The van der Waals surface area contributed by atoms with Crippen molar-refractivity contribution < 1.29 is 4.79 Å². The predicted octanol–water partition coefficient (Wildman–Crippen LogP) is 5.59. The van der Waals surface area contributed by atoms with E-state index in [0.29, 0.717) is 22.2 Å². The lowest BCUT2D eigenvalue weighted by Crippen LogP contribution is -2.22. The highest BCUT2D eigenvalue weighted by molar-refractivity contribution is 6.42. The second kappa shape index (κ2) is 7.52. The molecule has 0 bridgehead atoms. The molecule has 0 heterocycles. The van der Waals surface area contributed by atoms with E-state index in [-0.39, 0.29) is 5.91 Å². The van der Waals surface area contributed by atoms with Gasteiger partial charge in [-0.15, -0.1) is 0 Å². The van der Waals surface area contributed by atoms with Crippen LogP contribution >= 0.6 is 23.2 Å². The molecule has 0 unspecified atom stereocenters. The highest BCUT2D eigenvalue weighted by Gasteiger charge is 2.07. The molecule has 0 radical (unpaired) electrons. The number of hydrogen-bond donors (Lipinski definition) is 1. The van der Waals surface area contributed by atoms with E-state index in [4.69, 9.17) is 23.2 Å². The summed E-state index contributed by atoms with van der Waals surface area (Å²) in [4.78, 5) is 12.2. The molecular weight excluding hydrogens is 341 g/mol. The zero-order valence-corrected chi connectivity index (χ0v) is 14.3. The molecule has 3 aromatic carbocycles. The van der Waals surface area contributed by atoms with Gasteiger partial charge < -0.3 is 5.32 Å². The Morgan fingerprint density at radius 3 is 2.12 bits per heavy atom. The number of hydrogen-bond acceptors (Lipinski definition) is 1. The van der Waals surface area contributed by atoms with E-state index in [0.717, 1.165) is 16.7 Å². The van der Waals surface area contributed by atoms with Gasteiger partial charge in [-0.05, 0) is 41.0 Å². The summed E-state index contributed by atoms with van der Waals surface area (Å²) in [7, 11) is 0. The third-order valence-corrected chi connectivity index (χ3v) is 4.43. The van der Waals surface area contributed by atoms with E-state index >= 15 is 0 Å². The average Bonchev–Trinajstić information content (AvgIpc) is 2.63. The first-order valence-electron chi connectivity index (χ1n) is 7.51. The highest BCUT2D eigenvalue weighted by atomic mass is 35.5. The fraction of sp³-hybridized carbons (Fsp3) is 0.0500. The fourth-order valence-electron chi connectivity index (χ4n) is 2.38. The van der Waals surface area contributed by atoms with E-state index in [2.05, 4.69) is 5.32 Å². The minimum absolute atomic E-state index is 0.124. The van der Waals surface area contributed by atoms with Gasteiger partial charge in [0.05, 0.1) is 10.0 Å². The molecule has 1 N–H and O–H groups in total. The number of carbonyl (C=O) groups is 1. The van der Waals surface area contributed by atoms with Gasteiger partial charge in [0.25, 0.3) is 5.91 Å². The van der Waals surface area contributed by atoms with Gasteiger partial charge in [-0.1, -0.05) is 71.7 Å². The number of rotatable bonds is 4. The van der Waals surface area contributed by atoms with Crippen LogP contribution in [0.3, 0.4) is 0 Å². The molecule has 0 saturated heterocycles. The number of amides is 1. The molecular formula is C20H15Cl2NO. The molecule has 120 valence electrons. The Hall–Kier alpha value is -2.29. The molecule has 0 fully saturated rings. The largest absolute Gasteiger partial charge is 0.348 e. The van der Waals surface area contributed by atoms with Gasteiger partial charge in [0.15, 0.2) is 0 Å². The van der Waals surface area contributed by atoms with Crippen molar-refractivity contribution in [2.75, 3.05) is 0 Å². The monoisotopic (exact) mass is 355 g/mol. The van der Waals surface area contributed by atoms with Crippen LogP contribution in [0.1, 0.15) is 15.9 Å². The lowest BCUT2D eigenvalue weighted by atomic mass is 10.0. The van der Waals surface area contributed by atoms with Crippen LogP contribution in [0.5, 0.6) is 0 Å². The van der Waals surface area contributed by atoms with Crippen LogP contribution in [0.2, 0.25) is 10.0 Å². The van der Waals surface area contributed by atoms with E-state index in [1.54, 1.807) is 12.1 Å². The molecule has 4 heteroatoms. The van der Waals surface area contributed by atoms with E-state index in [1.807, 2.05) is 60.7 Å². The van der Waals surface area contributed by atoms with Crippen molar-refractivity contribution in [2.24, 2.45) is 0 Å². The van der Waals surface area contributed by atoms with E-state index in [9.17, 15) is 4.79 Å². The first kappa shape index (κ1) is 16.6. The summed E-state index contributed by atoms with van der Waals surface area (Å²) in [5, 5.41) is 3.87. The SMILES string of the molecule is O=C(NCc1ccc(Cl)c(Cl)c1)c1ccc(-c2ccccc2)cc1. The van der Waals surface area contributed by atoms with Crippen LogP contribution in [0.25, 0.3) is 11.1 Å². The van der Waals surface area contributed by atoms with Crippen LogP contribution in [0, 0.1) is 0 Å². The van der Waals surface area contributed by atoms with Gasteiger partial charge in [0, 0.05) is 12.1 Å². The molecule has 3 rings (SSSR count). The summed E-state index contributed by atoms with van der Waals surface area (Å²) < 4.78 is 0. The molecule has 0 aliphatic carbocycles. The zero-order chi connectivity index (χ0) is 16.9. The van der Waals surface area contributed by atoms with Gasteiger partial charge in [-0.25, -0.2) is 0 Å².